The van der Waals surface area contributed by atoms with Gasteiger partial charge in [-0.15, -0.1) is 0 Å². The van der Waals surface area contributed by atoms with Gasteiger partial charge in [-0.1, -0.05) is 36.4 Å². The molecule has 0 radical (unpaired) electrons. The molecule has 5 heteroatoms. The standard InChI is InChI=1S/C17H16N2O3/c1-18(13-9-5-3-6-10-13)16(21)15(20)17(22)19(2)14-11-7-4-8-12-14/h3-12H,1-2H3. The van der Waals surface area contributed by atoms with Crippen molar-refractivity contribution >= 4 is 29.0 Å². The number of nitrogens with zero attached hydrogens (tertiary/aromatic N) is 2. The van der Waals surface area contributed by atoms with Gasteiger partial charge in [-0.05, 0) is 24.3 Å². The normalized spacial score (nSPS) is 9.91. The van der Waals surface area contributed by atoms with E-state index >= 15 is 0 Å². The Bertz CT molecular complexity index is 624. The first-order valence-electron chi connectivity index (χ1n) is 6.72. The van der Waals surface area contributed by atoms with E-state index in [9.17, 15) is 14.4 Å². The molecule has 0 aliphatic carbocycles. The molecule has 0 aliphatic rings. The quantitative estimate of drug-likeness (QED) is 0.639. The first-order valence-corrected chi connectivity index (χ1v) is 6.72. The van der Waals surface area contributed by atoms with Crippen molar-refractivity contribution in [2.75, 3.05) is 23.9 Å². The Hall–Kier alpha value is -2.95. The third-order valence-corrected chi connectivity index (χ3v) is 3.28. The van der Waals surface area contributed by atoms with Crippen LogP contribution in [0.1, 0.15) is 0 Å². The minimum atomic E-state index is -1.07. The van der Waals surface area contributed by atoms with E-state index in [1.165, 1.54) is 23.9 Å². The highest BCUT2D eigenvalue weighted by Gasteiger charge is 2.29. The highest BCUT2D eigenvalue weighted by Crippen LogP contribution is 2.14. The Morgan fingerprint density at radius 1 is 0.636 bits per heavy atom. The summed E-state index contributed by atoms with van der Waals surface area (Å²) in [6.07, 6.45) is 0. The Kier molecular flexibility index (Phi) is 4.68. The van der Waals surface area contributed by atoms with Crippen molar-refractivity contribution in [1.82, 2.24) is 0 Å². The Morgan fingerprint density at radius 3 is 1.27 bits per heavy atom. The number of rotatable bonds is 4. The summed E-state index contributed by atoms with van der Waals surface area (Å²) in [5, 5.41) is 0. The molecule has 0 heterocycles. The summed E-state index contributed by atoms with van der Waals surface area (Å²) in [5.74, 6) is -2.80. The molecule has 2 aromatic rings. The van der Waals surface area contributed by atoms with E-state index in [1.807, 2.05) is 0 Å². The van der Waals surface area contributed by atoms with Crippen LogP contribution in [-0.2, 0) is 14.4 Å². The lowest BCUT2D eigenvalue weighted by atomic mass is 10.2. The van der Waals surface area contributed by atoms with Crippen LogP contribution in [0.25, 0.3) is 0 Å². The SMILES string of the molecule is CN(C(=O)C(=O)C(=O)N(C)c1ccccc1)c1ccccc1. The van der Waals surface area contributed by atoms with Crippen molar-refractivity contribution in [3.8, 4) is 0 Å². The Balaban J connectivity index is 2.14. The summed E-state index contributed by atoms with van der Waals surface area (Å²) >= 11 is 0. The fourth-order valence-corrected chi connectivity index (χ4v) is 1.93. The van der Waals surface area contributed by atoms with Gasteiger partial charge in [0.15, 0.2) is 0 Å². The van der Waals surface area contributed by atoms with Gasteiger partial charge in [0.2, 0.25) is 0 Å². The predicted molar refractivity (Wildman–Crippen MR) is 84.7 cm³/mol. The summed E-state index contributed by atoms with van der Waals surface area (Å²) in [4.78, 5) is 38.7. The monoisotopic (exact) mass is 296 g/mol. The molecule has 0 aromatic heterocycles. The smallest absolute Gasteiger partial charge is 0.308 e. The van der Waals surface area contributed by atoms with Crippen LogP contribution in [-0.4, -0.2) is 31.7 Å². The fraction of sp³-hybridized carbons (Fsp3) is 0.118. The first kappa shape index (κ1) is 15.4. The van der Waals surface area contributed by atoms with Gasteiger partial charge in [0.1, 0.15) is 0 Å². The maximum absolute atomic E-state index is 12.1. The molecule has 112 valence electrons. The molecule has 2 rings (SSSR count). The number of carbonyl (C=O) groups excluding carboxylic acids is 3. The number of Topliss-reactive ketones (excluding diaryl/α,β-unsaturated/α-hetero) is 1. The van der Waals surface area contributed by atoms with E-state index in [4.69, 9.17) is 0 Å². The highest BCUT2D eigenvalue weighted by atomic mass is 16.2. The molecule has 0 N–H and O–H groups in total. The number of hydrogen-bond acceptors (Lipinski definition) is 3. The van der Waals surface area contributed by atoms with Gasteiger partial charge in [0.05, 0.1) is 0 Å². The van der Waals surface area contributed by atoms with Gasteiger partial charge < -0.3 is 9.80 Å². The second-order valence-corrected chi connectivity index (χ2v) is 4.73. The van der Waals surface area contributed by atoms with E-state index in [0.717, 1.165) is 0 Å². The molecule has 22 heavy (non-hydrogen) atoms. The summed E-state index contributed by atoms with van der Waals surface area (Å²) < 4.78 is 0. The molecule has 5 nitrogen and oxygen atoms in total. The van der Waals surface area contributed by atoms with Crippen LogP contribution < -0.4 is 9.80 Å². The van der Waals surface area contributed by atoms with Crippen molar-refractivity contribution in [3.63, 3.8) is 0 Å². The first-order chi connectivity index (χ1) is 10.5. The Morgan fingerprint density at radius 2 is 0.955 bits per heavy atom. The minimum Gasteiger partial charge on any atom is -0.308 e. The van der Waals surface area contributed by atoms with Crippen LogP contribution in [0.15, 0.2) is 60.7 Å². The lowest BCUT2D eigenvalue weighted by Gasteiger charge is -2.19. The molecule has 0 bridgehead atoms. The largest absolute Gasteiger partial charge is 0.308 e. The van der Waals surface area contributed by atoms with Gasteiger partial charge in [-0.2, -0.15) is 0 Å². The molecule has 2 aromatic carbocycles. The van der Waals surface area contributed by atoms with E-state index in [2.05, 4.69) is 0 Å². The molecule has 0 aliphatic heterocycles. The minimum absolute atomic E-state index is 0.552. The second kappa shape index (κ2) is 6.67. The van der Waals surface area contributed by atoms with Crippen molar-refractivity contribution in [2.24, 2.45) is 0 Å². The van der Waals surface area contributed by atoms with Crippen molar-refractivity contribution in [3.05, 3.63) is 60.7 Å². The maximum Gasteiger partial charge on any atom is 0.308 e. The van der Waals surface area contributed by atoms with Crippen molar-refractivity contribution in [1.29, 1.82) is 0 Å². The lowest BCUT2D eigenvalue weighted by Crippen LogP contribution is -2.43. The van der Waals surface area contributed by atoms with Crippen LogP contribution in [0.2, 0.25) is 0 Å². The van der Waals surface area contributed by atoms with Crippen molar-refractivity contribution < 1.29 is 14.4 Å². The number of ketones is 1. The number of para-hydroxylation sites is 2. The zero-order chi connectivity index (χ0) is 16.1. The van der Waals surface area contributed by atoms with E-state index in [-0.39, 0.29) is 0 Å². The second-order valence-electron chi connectivity index (χ2n) is 4.73. The zero-order valence-electron chi connectivity index (χ0n) is 12.4. The topological polar surface area (TPSA) is 57.7 Å². The van der Waals surface area contributed by atoms with Crippen LogP contribution in [0.3, 0.4) is 0 Å². The molecule has 0 fully saturated rings. The third-order valence-electron chi connectivity index (χ3n) is 3.28. The van der Waals surface area contributed by atoms with Crippen LogP contribution >= 0.6 is 0 Å². The van der Waals surface area contributed by atoms with E-state index < -0.39 is 17.6 Å². The third kappa shape index (κ3) is 3.20. The average Bonchev–Trinajstić information content (AvgIpc) is 2.60. The van der Waals surface area contributed by atoms with Crippen LogP contribution in [0.4, 0.5) is 11.4 Å². The van der Waals surface area contributed by atoms with Gasteiger partial charge in [-0.25, -0.2) is 0 Å². The van der Waals surface area contributed by atoms with E-state index in [0.29, 0.717) is 11.4 Å². The predicted octanol–water partition coefficient (Wildman–Crippen LogP) is 1.88. The molecular weight excluding hydrogens is 280 g/mol. The molecule has 2 amide bonds. The van der Waals surface area contributed by atoms with Gasteiger partial charge in [0.25, 0.3) is 0 Å². The lowest BCUT2D eigenvalue weighted by molar-refractivity contribution is -0.143. The fourth-order valence-electron chi connectivity index (χ4n) is 1.93. The molecule has 0 saturated heterocycles. The number of hydrogen-bond donors (Lipinski definition) is 0. The molecule has 0 spiro atoms. The van der Waals surface area contributed by atoms with E-state index in [1.54, 1.807) is 60.7 Å². The average molecular weight is 296 g/mol. The molecule has 0 atom stereocenters. The zero-order valence-corrected chi connectivity index (χ0v) is 12.4. The summed E-state index contributed by atoms with van der Waals surface area (Å²) in [6, 6.07) is 17.4. The molecular formula is C17H16N2O3. The number of anilines is 2. The van der Waals surface area contributed by atoms with Gasteiger partial charge >= 0.3 is 17.6 Å². The number of amides is 2. The van der Waals surface area contributed by atoms with Gasteiger partial charge in [-0.3, -0.25) is 14.4 Å². The summed E-state index contributed by atoms with van der Waals surface area (Å²) in [7, 11) is 2.93. The van der Waals surface area contributed by atoms with Crippen LogP contribution in [0, 0.1) is 0 Å². The van der Waals surface area contributed by atoms with Crippen molar-refractivity contribution in [2.45, 2.75) is 0 Å². The number of carbonyl (C=O) groups is 3. The highest BCUT2D eigenvalue weighted by molar-refractivity contribution is 6.67. The number of benzene rings is 2. The van der Waals surface area contributed by atoms with Gasteiger partial charge in [0, 0.05) is 25.5 Å². The summed E-state index contributed by atoms with van der Waals surface area (Å²) in [6.45, 7) is 0. The molecule has 0 unspecified atom stereocenters. The summed E-state index contributed by atoms with van der Waals surface area (Å²) in [5.41, 5.74) is 1.10. The maximum atomic E-state index is 12.1. The number of likely N-dealkylation sites (N-methyl/N-ethyl adjacent to an activating group) is 2. The van der Waals surface area contributed by atoms with Crippen LogP contribution in [0.5, 0.6) is 0 Å². The Labute approximate surface area is 128 Å². The molecule has 0 saturated carbocycles.